The molecule has 104 valence electrons. The fourth-order valence-electron chi connectivity index (χ4n) is 1.68. The number of nitrogen functional groups attached to an aromatic ring is 1. The summed E-state index contributed by atoms with van der Waals surface area (Å²) in [5.41, 5.74) is 3.85. The quantitative estimate of drug-likeness (QED) is 0.600. The number of hydrogen-bond acceptors (Lipinski definition) is 4. The van der Waals surface area contributed by atoms with Gasteiger partial charge in [0.05, 0.1) is 15.7 Å². The number of benzene rings is 1. The van der Waals surface area contributed by atoms with E-state index >= 15 is 0 Å². The van der Waals surface area contributed by atoms with Gasteiger partial charge in [-0.2, -0.15) is 0 Å². The fourth-order valence-corrected chi connectivity index (χ4v) is 2.17. The van der Waals surface area contributed by atoms with E-state index in [4.69, 9.17) is 29.0 Å². The van der Waals surface area contributed by atoms with Crippen LogP contribution >= 0.6 is 23.2 Å². The van der Waals surface area contributed by atoms with Gasteiger partial charge in [0.1, 0.15) is 5.82 Å². The number of para-hydroxylation sites is 1. The van der Waals surface area contributed by atoms with Crippen molar-refractivity contribution in [1.82, 2.24) is 4.98 Å². The number of aromatic nitrogens is 1. The van der Waals surface area contributed by atoms with Gasteiger partial charge in [-0.1, -0.05) is 29.3 Å². The summed E-state index contributed by atoms with van der Waals surface area (Å²) in [5, 5.41) is 3.41. The molecule has 0 atom stereocenters. The van der Waals surface area contributed by atoms with Crippen LogP contribution in [0.1, 0.15) is 16.1 Å². The highest BCUT2D eigenvalue weighted by atomic mass is 35.5. The van der Waals surface area contributed by atoms with Crippen LogP contribution in [0.5, 0.6) is 0 Å². The molecule has 7 heteroatoms. The average Bonchev–Trinajstić information content (AvgIpc) is 2.42. The first-order valence-corrected chi connectivity index (χ1v) is 6.47. The normalized spacial score (nSPS) is 10.2. The van der Waals surface area contributed by atoms with Crippen LogP contribution in [0.25, 0.3) is 0 Å². The molecule has 1 aromatic heterocycles. The summed E-state index contributed by atoms with van der Waals surface area (Å²) in [6.45, 7) is 1.76. The van der Waals surface area contributed by atoms with Crippen molar-refractivity contribution in [3.05, 3.63) is 51.6 Å². The largest absolute Gasteiger partial charge is 0.319 e. The summed E-state index contributed by atoms with van der Waals surface area (Å²) >= 11 is 12.0. The number of aryl methyl sites for hydroxylation is 1. The topological polar surface area (TPSA) is 80.0 Å². The number of nitrogens with two attached hydrogens (primary N) is 1. The molecule has 0 aliphatic heterocycles. The predicted molar refractivity (Wildman–Crippen MR) is 81.2 cm³/mol. The van der Waals surface area contributed by atoms with Gasteiger partial charge in [0.2, 0.25) is 0 Å². The van der Waals surface area contributed by atoms with Crippen LogP contribution in [0.15, 0.2) is 30.3 Å². The van der Waals surface area contributed by atoms with E-state index in [2.05, 4.69) is 15.7 Å². The summed E-state index contributed by atoms with van der Waals surface area (Å²) in [6, 6.07) is 8.17. The Morgan fingerprint density at radius 2 is 1.90 bits per heavy atom. The number of hydrogen-bond donors (Lipinski definition) is 3. The number of nitrogens with zero attached hydrogens (tertiary/aromatic N) is 1. The smallest absolute Gasteiger partial charge is 0.255 e. The molecule has 0 unspecified atom stereocenters. The van der Waals surface area contributed by atoms with Gasteiger partial charge in [0.25, 0.3) is 5.91 Å². The SMILES string of the molecule is Cc1cc(C(=O)Nc2c(Cl)cccc2Cl)cc(NN)n1. The second-order valence-electron chi connectivity index (χ2n) is 4.08. The summed E-state index contributed by atoms with van der Waals surface area (Å²) < 4.78 is 0. The van der Waals surface area contributed by atoms with Crippen molar-refractivity contribution in [3.8, 4) is 0 Å². The minimum atomic E-state index is -0.345. The van der Waals surface area contributed by atoms with Crippen molar-refractivity contribution in [2.75, 3.05) is 10.7 Å². The molecule has 4 N–H and O–H groups in total. The van der Waals surface area contributed by atoms with Crippen LogP contribution < -0.4 is 16.6 Å². The van der Waals surface area contributed by atoms with Crippen molar-refractivity contribution >= 4 is 40.6 Å². The highest BCUT2D eigenvalue weighted by molar-refractivity contribution is 6.40. The van der Waals surface area contributed by atoms with E-state index in [1.54, 1.807) is 31.2 Å². The number of carbonyl (C=O) groups excluding carboxylic acids is 1. The van der Waals surface area contributed by atoms with Gasteiger partial charge >= 0.3 is 0 Å². The van der Waals surface area contributed by atoms with Crippen molar-refractivity contribution in [1.29, 1.82) is 0 Å². The molecule has 0 fully saturated rings. The molecule has 2 rings (SSSR count). The summed E-state index contributed by atoms with van der Waals surface area (Å²) in [5.74, 6) is 5.36. The summed E-state index contributed by atoms with van der Waals surface area (Å²) in [6.07, 6.45) is 0. The first-order chi connectivity index (χ1) is 9.51. The van der Waals surface area contributed by atoms with Crippen LogP contribution in [-0.4, -0.2) is 10.9 Å². The Morgan fingerprint density at radius 3 is 2.50 bits per heavy atom. The van der Waals surface area contributed by atoms with Gasteiger partial charge in [-0.25, -0.2) is 10.8 Å². The molecule has 1 amide bonds. The highest BCUT2D eigenvalue weighted by Crippen LogP contribution is 2.30. The third kappa shape index (κ3) is 3.19. The first kappa shape index (κ1) is 14.6. The second-order valence-corrected chi connectivity index (χ2v) is 4.89. The van der Waals surface area contributed by atoms with Crippen LogP contribution in [0.2, 0.25) is 10.0 Å². The Labute approximate surface area is 126 Å². The van der Waals surface area contributed by atoms with E-state index in [1.807, 2.05) is 0 Å². The summed E-state index contributed by atoms with van der Waals surface area (Å²) in [7, 11) is 0. The van der Waals surface area contributed by atoms with Gasteiger partial charge in [-0.05, 0) is 31.2 Å². The lowest BCUT2D eigenvalue weighted by molar-refractivity contribution is 0.102. The zero-order valence-electron chi connectivity index (χ0n) is 10.6. The van der Waals surface area contributed by atoms with Crippen LogP contribution in [-0.2, 0) is 0 Å². The van der Waals surface area contributed by atoms with Crippen LogP contribution in [0, 0.1) is 6.92 Å². The highest BCUT2D eigenvalue weighted by Gasteiger charge is 2.12. The van der Waals surface area contributed by atoms with E-state index in [-0.39, 0.29) is 5.91 Å². The van der Waals surface area contributed by atoms with Crippen LogP contribution in [0.3, 0.4) is 0 Å². The van der Waals surface area contributed by atoms with Gasteiger partial charge in [0.15, 0.2) is 0 Å². The average molecular weight is 311 g/mol. The van der Waals surface area contributed by atoms with Crippen molar-refractivity contribution in [2.45, 2.75) is 6.92 Å². The molecule has 0 aliphatic carbocycles. The number of amides is 1. The molecular weight excluding hydrogens is 299 g/mol. The second kappa shape index (κ2) is 6.09. The Morgan fingerprint density at radius 1 is 1.25 bits per heavy atom. The first-order valence-electron chi connectivity index (χ1n) is 5.72. The number of carbonyl (C=O) groups is 1. The molecule has 1 aromatic carbocycles. The Balaban J connectivity index is 2.31. The maximum absolute atomic E-state index is 12.2. The molecule has 0 saturated carbocycles. The van der Waals surface area contributed by atoms with E-state index in [0.717, 1.165) is 0 Å². The predicted octanol–water partition coefficient (Wildman–Crippen LogP) is 3.23. The standard InChI is InChI=1S/C13H12Cl2N4O/c1-7-5-8(6-11(17-7)19-16)13(20)18-12-9(14)3-2-4-10(12)15/h2-6H,16H2,1H3,(H,17,19)(H,18,20). The molecule has 0 saturated heterocycles. The van der Waals surface area contributed by atoms with E-state index < -0.39 is 0 Å². The van der Waals surface area contributed by atoms with Crippen molar-refractivity contribution < 1.29 is 4.79 Å². The zero-order chi connectivity index (χ0) is 14.7. The van der Waals surface area contributed by atoms with Gasteiger partial charge < -0.3 is 10.7 Å². The molecule has 0 bridgehead atoms. The lowest BCUT2D eigenvalue weighted by Gasteiger charge is -2.10. The summed E-state index contributed by atoms with van der Waals surface area (Å²) in [4.78, 5) is 16.3. The minimum Gasteiger partial charge on any atom is -0.319 e. The lowest BCUT2D eigenvalue weighted by Crippen LogP contribution is -2.15. The number of hydrazine groups is 1. The van der Waals surface area contributed by atoms with Gasteiger partial charge in [0, 0.05) is 11.3 Å². The van der Waals surface area contributed by atoms with Gasteiger partial charge in [-0.15, -0.1) is 0 Å². The van der Waals surface area contributed by atoms with Crippen molar-refractivity contribution in [2.24, 2.45) is 5.84 Å². The number of pyridine rings is 1. The van der Waals surface area contributed by atoms with Crippen molar-refractivity contribution in [3.63, 3.8) is 0 Å². The zero-order valence-corrected chi connectivity index (χ0v) is 12.1. The maximum Gasteiger partial charge on any atom is 0.255 e. The Bertz CT molecular complexity index is 641. The third-order valence-electron chi connectivity index (χ3n) is 2.56. The lowest BCUT2D eigenvalue weighted by atomic mass is 10.2. The molecular formula is C13H12Cl2N4O. The third-order valence-corrected chi connectivity index (χ3v) is 3.19. The van der Waals surface area contributed by atoms with E-state index in [1.165, 1.54) is 6.07 Å². The maximum atomic E-state index is 12.2. The Hall–Kier alpha value is -1.82. The molecule has 5 nitrogen and oxygen atoms in total. The molecule has 2 aromatic rings. The molecule has 0 spiro atoms. The monoisotopic (exact) mass is 310 g/mol. The molecule has 1 heterocycles. The van der Waals surface area contributed by atoms with E-state index in [9.17, 15) is 4.79 Å². The number of nitrogens with one attached hydrogen (secondary N) is 2. The fraction of sp³-hybridized carbons (Fsp3) is 0.0769. The van der Waals surface area contributed by atoms with E-state index in [0.29, 0.717) is 32.8 Å². The number of rotatable bonds is 3. The van der Waals surface area contributed by atoms with Crippen LogP contribution in [0.4, 0.5) is 11.5 Å². The number of anilines is 2. The number of halogens is 2. The molecule has 0 aliphatic rings. The Kier molecular flexibility index (Phi) is 4.44. The minimum absolute atomic E-state index is 0.345. The molecule has 0 radical (unpaired) electrons. The van der Waals surface area contributed by atoms with Gasteiger partial charge in [-0.3, -0.25) is 4.79 Å². The molecule has 20 heavy (non-hydrogen) atoms.